The Morgan fingerprint density at radius 3 is 2.57 bits per heavy atom. The molecule has 0 bridgehead atoms. The van der Waals surface area contributed by atoms with E-state index in [1.807, 2.05) is 0 Å². The minimum Gasteiger partial charge on any atom is -0.353 e. The molecule has 2 unspecified atom stereocenters. The van der Waals surface area contributed by atoms with Gasteiger partial charge in [-0.25, -0.2) is 0 Å². The molecule has 2 N–H and O–H groups in total. The average Bonchev–Trinajstić information content (AvgIpc) is 2.92. The maximum atomic E-state index is 11.5. The molecule has 2 rings (SSSR count). The fourth-order valence-electron chi connectivity index (χ4n) is 2.25. The van der Waals surface area contributed by atoms with Gasteiger partial charge < -0.3 is 10.6 Å². The second kappa shape index (κ2) is 4.30. The van der Waals surface area contributed by atoms with Crippen molar-refractivity contribution in [1.82, 2.24) is 10.6 Å². The minimum atomic E-state index is 0.298. The molecule has 3 heteroatoms. The molecule has 2 atom stereocenters. The second-order valence-electron chi connectivity index (χ2n) is 4.55. The first-order chi connectivity index (χ1) is 6.79. The van der Waals surface area contributed by atoms with E-state index in [0.29, 0.717) is 23.9 Å². The molecule has 0 aliphatic heterocycles. The molecule has 14 heavy (non-hydrogen) atoms. The highest BCUT2D eigenvalue weighted by Gasteiger charge is 2.32. The second-order valence-corrected chi connectivity index (χ2v) is 4.55. The average molecular weight is 196 g/mol. The van der Waals surface area contributed by atoms with Gasteiger partial charge in [-0.1, -0.05) is 6.92 Å². The Bertz CT molecular complexity index is 213. The van der Waals surface area contributed by atoms with Gasteiger partial charge in [0.05, 0.1) is 0 Å². The van der Waals surface area contributed by atoms with Crippen molar-refractivity contribution in [3.8, 4) is 0 Å². The van der Waals surface area contributed by atoms with Gasteiger partial charge in [-0.05, 0) is 38.6 Å². The summed E-state index contributed by atoms with van der Waals surface area (Å²) >= 11 is 0. The highest BCUT2D eigenvalue weighted by Crippen LogP contribution is 2.30. The molecule has 3 nitrogen and oxygen atoms in total. The lowest BCUT2D eigenvalue weighted by Crippen LogP contribution is -2.35. The first kappa shape index (κ1) is 9.97. The lowest BCUT2D eigenvalue weighted by molar-refractivity contribution is -0.122. The van der Waals surface area contributed by atoms with Crippen LogP contribution in [0, 0.1) is 5.92 Å². The van der Waals surface area contributed by atoms with Gasteiger partial charge in [0, 0.05) is 18.0 Å². The topological polar surface area (TPSA) is 41.1 Å². The van der Waals surface area contributed by atoms with Gasteiger partial charge in [-0.3, -0.25) is 4.79 Å². The molecule has 0 heterocycles. The van der Waals surface area contributed by atoms with E-state index < -0.39 is 0 Å². The largest absolute Gasteiger partial charge is 0.353 e. The quantitative estimate of drug-likeness (QED) is 0.705. The number of rotatable bonds is 4. The Morgan fingerprint density at radius 2 is 1.93 bits per heavy atom. The Morgan fingerprint density at radius 1 is 1.21 bits per heavy atom. The molecule has 0 spiro atoms. The van der Waals surface area contributed by atoms with Crippen LogP contribution < -0.4 is 10.6 Å². The van der Waals surface area contributed by atoms with Gasteiger partial charge in [-0.15, -0.1) is 0 Å². The normalized spacial score (nSPS) is 31.8. The summed E-state index contributed by atoms with van der Waals surface area (Å²) in [4.78, 5) is 11.5. The van der Waals surface area contributed by atoms with E-state index in [1.165, 1.54) is 6.42 Å². The summed E-state index contributed by atoms with van der Waals surface area (Å²) in [5, 5.41) is 6.59. The lowest BCUT2D eigenvalue weighted by Gasteiger charge is -2.13. The molecular weight excluding hydrogens is 176 g/mol. The fraction of sp³-hybridized carbons (Fsp3) is 0.909. The summed E-state index contributed by atoms with van der Waals surface area (Å²) in [5.74, 6) is 0.653. The van der Waals surface area contributed by atoms with Crippen LogP contribution >= 0.6 is 0 Å². The zero-order valence-corrected chi connectivity index (χ0v) is 8.88. The molecule has 0 aromatic heterocycles. The molecule has 0 radical (unpaired) electrons. The smallest absolute Gasteiger partial charge is 0.223 e. The van der Waals surface area contributed by atoms with Crippen LogP contribution in [-0.2, 0) is 4.79 Å². The maximum absolute atomic E-state index is 11.5. The fourth-order valence-corrected chi connectivity index (χ4v) is 2.25. The van der Waals surface area contributed by atoms with Gasteiger partial charge in [0.2, 0.25) is 5.91 Å². The van der Waals surface area contributed by atoms with Crippen molar-refractivity contribution in [2.45, 2.75) is 51.1 Å². The highest BCUT2D eigenvalue weighted by molar-refractivity contribution is 5.81. The van der Waals surface area contributed by atoms with E-state index in [0.717, 1.165) is 32.2 Å². The van der Waals surface area contributed by atoms with E-state index in [9.17, 15) is 4.79 Å². The third-order valence-electron chi connectivity index (χ3n) is 3.22. The molecule has 0 aromatic rings. The number of hydrogen-bond donors (Lipinski definition) is 2. The van der Waals surface area contributed by atoms with Gasteiger partial charge in [0.1, 0.15) is 0 Å². The molecule has 2 aliphatic carbocycles. The van der Waals surface area contributed by atoms with E-state index in [1.54, 1.807) is 0 Å². The Hall–Kier alpha value is -0.570. The monoisotopic (exact) mass is 196 g/mol. The van der Waals surface area contributed by atoms with E-state index in [4.69, 9.17) is 0 Å². The predicted molar refractivity (Wildman–Crippen MR) is 56.0 cm³/mol. The summed E-state index contributed by atoms with van der Waals surface area (Å²) in [5.41, 5.74) is 0. The first-order valence-electron chi connectivity index (χ1n) is 5.83. The summed E-state index contributed by atoms with van der Waals surface area (Å²) in [6.07, 6.45) is 5.69. The summed E-state index contributed by atoms with van der Waals surface area (Å²) in [6, 6.07) is 1.07. The van der Waals surface area contributed by atoms with Crippen LogP contribution in [0.3, 0.4) is 0 Å². The number of carbonyl (C=O) groups excluding carboxylic acids is 1. The van der Waals surface area contributed by atoms with Crippen LogP contribution in [0.1, 0.15) is 39.0 Å². The number of hydrogen-bond acceptors (Lipinski definition) is 2. The first-order valence-corrected chi connectivity index (χ1v) is 5.83. The van der Waals surface area contributed by atoms with Gasteiger partial charge in [0.25, 0.3) is 0 Å². The molecular formula is C11H20N2O. The molecule has 1 amide bonds. The highest BCUT2D eigenvalue weighted by atomic mass is 16.2. The third-order valence-corrected chi connectivity index (χ3v) is 3.22. The Balaban J connectivity index is 1.69. The molecule has 2 fully saturated rings. The maximum Gasteiger partial charge on any atom is 0.223 e. The van der Waals surface area contributed by atoms with Gasteiger partial charge in [0.15, 0.2) is 0 Å². The zero-order chi connectivity index (χ0) is 9.97. The number of nitrogens with one attached hydrogen (secondary N) is 2. The van der Waals surface area contributed by atoms with E-state index in [-0.39, 0.29) is 0 Å². The minimum absolute atomic E-state index is 0.298. The SMILES string of the molecule is CCNC1CCC(NC(=O)C2CC2)C1. The van der Waals surface area contributed by atoms with Gasteiger partial charge >= 0.3 is 0 Å². The molecule has 80 valence electrons. The molecule has 2 aliphatic rings. The third kappa shape index (κ3) is 2.47. The lowest BCUT2D eigenvalue weighted by atomic mass is 10.2. The van der Waals surface area contributed by atoms with Crippen LogP contribution in [0.2, 0.25) is 0 Å². The van der Waals surface area contributed by atoms with Crippen molar-refractivity contribution in [2.24, 2.45) is 5.92 Å². The molecule has 0 saturated heterocycles. The van der Waals surface area contributed by atoms with Crippen molar-refractivity contribution in [3.63, 3.8) is 0 Å². The van der Waals surface area contributed by atoms with E-state index in [2.05, 4.69) is 17.6 Å². The van der Waals surface area contributed by atoms with Crippen LogP contribution in [0.5, 0.6) is 0 Å². The van der Waals surface area contributed by atoms with Crippen molar-refractivity contribution in [1.29, 1.82) is 0 Å². The number of amides is 1. The van der Waals surface area contributed by atoms with Crippen LogP contribution in [0.4, 0.5) is 0 Å². The van der Waals surface area contributed by atoms with Crippen molar-refractivity contribution >= 4 is 5.91 Å². The van der Waals surface area contributed by atoms with Gasteiger partial charge in [-0.2, -0.15) is 0 Å². The predicted octanol–water partition coefficient (Wildman–Crippen LogP) is 1.04. The molecule has 2 saturated carbocycles. The Kier molecular flexibility index (Phi) is 3.06. The number of carbonyl (C=O) groups is 1. The van der Waals surface area contributed by atoms with Crippen LogP contribution in [0.15, 0.2) is 0 Å². The van der Waals surface area contributed by atoms with E-state index >= 15 is 0 Å². The van der Waals surface area contributed by atoms with Crippen LogP contribution in [0.25, 0.3) is 0 Å². The summed E-state index contributed by atoms with van der Waals surface area (Å²) < 4.78 is 0. The summed E-state index contributed by atoms with van der Waals surface area (Å²) in [7, 11) is 0. The zero-order valence-electron chi connectivity index (χ0n) is 8.88. The molecule has 0 aromatic carbocycles. The van der Waals surface area contributed by atoms with Crippen molar-refractivity contribution in [3.05, 3.63) is 0 Å². The van der Waals surface area contributed by atoms with Crippen LogP contribution in [-0.4, -0.2) is 24.5 Å². The van der Waals surface area contributed by atoms with Crippen molar-refractivity contribution in [2.75, 3.05) is 6.54 Å². The Labute approximate surface area is 85.6 Å². The van der Waals surface area contributed by atoms with Crippen molar-refractivity contribution < 1.29 is 4.79 Å². The summed E-state index contributed by atoms with van der Waals surface area (Å²) in [6.45, 7) is 3.17. The standard InChI is InChI=1S/C11H20N2O/c1-2-12-9-5-6-10(7-9)13-11(14)8-3-4-8/h8-10,12H,2-7H2,1H3,(H,13,14).